The number of rotatable bonds is 3. The maximum Gasteiger partial charge on any atom is 0.325 e. The number of urea groups is 1. The van der Waals surface area contributed by atoms with Gasteiger partial charge in [-0.15, -0.1) is 0 Å². The third-order valence-electron chi connectivity index (χ3n) is 4.52. The van der Waals surface area contributed by atoms with E-state index in [2.05, 4.69) is 5.32 Å². The Balaban J connectivity index is 1.79. The molecule has 3 rings (SSSR count). The summed E-state index contributed by atoms with van der Waals surface area (Å²) in [7, 11) is 0. The number of hydrogen-bond donors (Lipinski definition) is 2. The molecule has 1 saturated heterocycles. The van der Waals surface area contributed by atoms with Crippen molar-refractivity contribution in [3.8, 4) is 0 Å². The molecule has 21 heavy (non-hydrogen) atoms. The smallest absolute Gasteiger partial charge is 0.325 e. The van der Waals surface area contributed by atoms with Gasteiger partial charge in [-0.1, -0.05) is 43.5 Å². The first kappa shape index (κ1) is 14.1. The predicted molar refractivity (Wildman–Crippen MR) is 79.2 cm³/mol. The Labute approximate surface area is 124 Å². The van der Waals surface area contributed by atoms with Gasteiger partial charge < -0.3 is 11.1 Å². The van der Waals surface area contributed by atoms with Crippen LogP contribution in [0.5, 0.6) is 0 Å². The molecule has 1 aliphatic carbocycles. The molecule has 2 aliphatic rings. The molecule has 0 atom stereocenters. The molecule has 0 bridgehead atoms. The van der Waals surface area contributed by atoms with Crippen molar-refractivity contribution in [3.63, 3.8) is 0 Å². The monoisotopic (exact) mass is 287 g/mol. The van der Waals surface area contributed by atoms with Crippen LogP contribution in [0.2, 0.25) is 0 Å². The molecular formula is C16H21N3O2. The lowest BCUT2D eigenvalue weighted by molar-refractivity contribution is -0.132. The topological polar surface area (TPSA) is 75.4 Å². The van der Waals surface area contributed by atoms with Crippen molar-refractivity contribution in [3.05, 3.63) is 35.4 Å². The van der Waals surface area contributed by atoms with E-state index in [-0.39, 0.29) is 11.9 Å². The fraction of sp³-hybridized carbons (Fsp3) is 0.500. The van der Waals surface area contributed by atoms with Crippen LogP contribution in [0.25, 0.3) is 0 Å². The molecule has 0 unspecified atom stereocenters. The number of hydrogen-bond acceptors (Lipinski definition) is 3. The SMILES string of the molecule is NCc1cccc(CN2C(=O)NC3(CCCCC3)C2=O)c1. The van der Waals surface area contributed by atoms with E-state index in [9.17, 15) is 9.59 Å². The molecule has 3 amide bonds. The summed E-state index contributed by atoms with van der Waals surface area (Å²) < 4.78 is 0. The summed E-state index contributed by atoms with van der Waals surface area (Å²) >= 11 is 0. The molecule has 2 fully saturated rings. The molecule has 5 heteroatoms. The fourth-order valence-electron chi connectivity index (χ4n) is 3.35. The van der Waals surface area contributed by atoms with Crippen molar-refractivity contribution >= 4 is 11.9 Å². The molecule has 0 aromatic heterocycles. The maximum absolute atomic E-state index is 12.7. The van der Waals surface area contributed by atoms with Gasteiger partial charge >= 0.3 is 6.03 Å². The Morgan fingerprint density at radius 2 is 1.86 bits per heavy atom. The highest BCUT2D eigenvalue weighted by Gasteiger charge is 2.51. The second-order valence-corrected chi connectivity index (χ2v) is 5.99. The number of carbonyl (C=O) groups is 2. The van der Waals surface area contributed by atoms with Gasteiger partial charge in [0.05, 0.1) is 6.54 Å². The third-order valence-corrected chi connectivity index (χ3v) is 4.52. The summed E-state index contributed by atoms with van der Waals surface area (Å²) in [5.74, 6) is -0.0645. The molecule has 0 radical (unpaired) electrons. The van der Waals surface area contributed by atoms with Crippen LogP contribution in [-0.2, 0) is 17.9 Å². The number of imide groups is 1. The largest absolute Gasteiger partial charge is 0.326 e. The molecule has 3 N–H and O–H groups in total. The molecule has 1 heterocycles. The van der Waals surface area contributed by atoms with E-state index in [0.29, 0.717) is 13.1 Å². The first-order valence-corrected chi connectivity index (χ1v) is 7.57. The third kappa shape index (κ3) is 2.53. The molecule has 5 nitrogen and oxygen atoms in total. The van der Waals surface area contributed by atoms with Gasteiger partial charge in [0.25, 0.3) is 5.91 Å². The van der Waals surface area contributed by atoms with E-state index in [1.165, 1.54) is 4.90 Å². The second-order valence-electron chi connectivity index (χ2n) is 5.99. The average Bonchev–Trinajstić information content (AvgIpc) is 2.73. The minimum Gasteiger partial charge on any atom is -0.326 e. The van der Waals surface area contributed by atoms with Gasteiger partial charge in [0.2, 0.25) is 0 Å². The molecule has 1 aromatic rings. The van der Waals surface area contributed by atoms with E-state index in [0.717, 1.165) is 43.2 Å². The molecule has 1 saturated carbocycles. The normalized spacial score (nSPS) is 20.9. The Bertz CT molecular complexity index is 564. The van der Waals surface area contributed by atoms with Crippen LogP contribution in [0.15, 0.2) is 24.3 Å². The second kappa shape index (κ2) is 5.48. The summed E-state index contributed by atoms with van der Waals surface area (Å²) in [4.78, 5) is 26.2. The molecule has 1 aliphatic heterocycles. The van der Waals surface area contributed by atoms with E-state index >= 15 is 0 Å². The molecule has 112 valence electrons. The predicted octanol–water partition coefficient (Wildman–Crippen LogP) is 1.90. The van der Waals surface area contributed by atoms with E-state index < -0.39 is 5.54 Å². The molecule has 1 aromatic carbocycles. The van der Waals surface area contributed by atoms with Crippen molar-refractivity contribution in [2.24, 2.45) is 5.73 Å². The number of amides is 3. The number of benzene rings is 1. The summed E-state index contributed by atoms with van der Waals surface area (Å²) in [6, 6.07) is 7.46. The van der Waals surface area contributed by atoms with Gasteiger partial charge in [-0.3, -0.25) is 9.69 Å². The Morgan fingerprint density at radius 3 is 2.57 bits per heavy atom. The van der Waals surface area contributed by atoms with Crippen LogP contribution in [-0.4, -0.2) is 22.4 Å². The standard InChI is InChI=1S/C16H21N3O2/c17-10-12-5-4-6-13(9-12)11-19-14(20)16(18-15(19)21)7-2-1-3-8-16/h4-6,9H,1-3,7-8,10-11,17H2,(H,18,21). The van der Waals surface area contributed by atoms with Crippen molar-refractivity contribution in [1.82, 2.24) is 10.2 Å². The van der Waals surface area contributed by atoms with Crippen molar-refractivity contribution in [1.29, 1.82) is 0 Å². The van der Waals surface area contributed by atoms with Gasteiger partial charge in [-0.25, -0.2) is 4.79 Å². The minimum atomic E-state index is -0.638. The van der Waals surface area contributed by atoms with Crippen LogP contribution in [0.1, 0.15) is 43.2 Å². The van der Waals surface area contributed by atoms with Crippen molar-refractivity contribution in [2.45, 2.75) is 50.7 Å². The number of carbonyl (C=O) groups excluding carboxylic acids is 2. The van der Waals surface area contributed by atoms with Gasteiger partial charge in [0.1, 0.15) is 5.54 Å². The average molecular weight is 287 g/mol. The number of nitrogens with two attached hydrogens (primary N) is 1. The summed E-state index contributed by atoms with van der Waals surface area (Å²) in [6.45, 7) is 0.776. The Morgan fingerprint density at radius 1 is 1.14 bits per heavy atom. The Kier molecular flexibility index (Phi) is 3.68. The first-order chi connectivity index (χ1) is 10.1. The van der Waals surface area contributed by atoms with E-state index in [4.69, 9.17) is 5.73 Å². The molecule has 1 spiro atoms. The zero-order valence-corrected chi connectivity index (χ0v) is 12.1. The van der Waals surface area contributed by atoms with Crippen LogP contribution in [0.3, 0.4) is 0 Å². The number of nitrogens with zero attached hydrogens (tertiary/aromatic N) is 1. The lowest BCUT2D eigenvalue weighted by Crippen LogP contribution is -2.48. The summed E-state index contributed by atoms with van der Waals surface area (Å²) in [5, 5.41) is 2.93. The summed E-state index contributed by atoms with van der Waals surface area (Å²) in [6.07, 6.45) is 4.67. The lowest BCUT2D eigenvalue weighted by atomic mass is 9.82. The zero-order chi connectivity index (χ0) is 14.9. The van der Waals surface area contributed by atoms with Crippen LogP contribution in [0, 0.1) is 0 Å². The number of nitrogens with one attached hydrogen (secondary N) is 1. The van der Waals surface area contributed by atoms with Gasteiger partial charge in [0, 0.05) is 6.54 Å². The maximum atomic E-state index is 12.7. The van der Waals surface area contributed by atoms with Crippen LogP contribution < -0.4 is 11.1 Å². The van der Waals surface area contributed by atoms with Crippen LogP contribution >= 0.6 is 0 Å². The van der Waals surface area contributed by atoms with Crippen molar-refractivity contribution in [2.75, 3.05) is 0 Å². The van der Waals surface area contributed by atoms with Gasteiger partial charge in [-0.2, -0.15) is 0 Å². The minimum absolute atomic E-state index is 0.0645. The van der Waals surface area contributed by atoms with Crippen molar-refractivity contribution < 1.29 is 9.59 Å². The lowest BCUT2D eigenvalue weighted by Gasteiger charge is -2.30. The highest BCUT2D eigenvalue weighted by atomic mass is 16.2. The molecular weight excluding hydrogens is 266 g/mol. The zero-order valence-electron chi connectivity index (χ0n) is 12.1. The van der Waals surface area contributed by atoms with Gasteiger partial charge in [-0.05, 0) is 24.0 Å². The summed E-state index contributed by atoms with van der Waals surface area (Å²) in [5.41, 5.74) is 6.94. The Hall–Kier alpha value is -1.88. The van der Waals surface area contributed by atoms with Crippen LogP contribution in [0.4, 0.5) is 4.79 Å². The highest BCUT2D eigenvalue weighted by Crippen LogP contribution is 2.34. The fourth-order valence-corrected chi connectivity index (χ4v) is 3.35. The van der Waals surface area contributed by atoms with Gasteiger partial charge in [0.15, 0.2) is 0 Å². The van der Waals surface area contributed by atoms with E-state index in [1.54, 1.807) is 0 Å². The first-order valence-electron chi connectivity index (χ1n) is 7.57. The van der Waals surface area contributed by atoms with E-state index in [1.807, 2.05) is 24.3 Å². The quantitative estimate of drug-likeness (QED) is 0.834. The highest BCUT2D eigenvalue weighted by molar-refractivity contribution is 6.07.